The molecule has 0 aliphatic heterocycles. The number of methoxy groups -OCH3 is 1. The molecule has 0 heterocycles. The van der Waals surface area contributed by atoms with E-state index in [1.54, 1.807) is 30.3 Å². The number of hydrogen-bond donors (Lipinski definition) is 1. The minimum absolute atomic E-state index is 0.0449. The number of rotatable bonds is 11. The van der Waals surface area contributed by atoms with Crippen LogP contribution in [0.15, 0.2) is 77.7 Å². The Kier molecular flexibility index (Phi) is 9.01. The smallest absolute Gasteiger partial charge is 0.264 e. The minimum Gasteiger partial charge on any atom is -0.495 e. The fraction of sp³-hybridized carbons (Fsp3) is 0.269. The lowest BCUT2D eigenvalue weighted by atomic mass is 10.0. The Bertz CT molecular complexity index is 1250. The standard InChI is InChI=1S/C26H29ClN2O5S/c1-19(2)22-11-7-8-12-24(22)34-16-15-28-26(30)18-29(23-17-20(27)13-14-25(23)33-3)35(31,32)21-9-5-4-6-10-21/h4-14,17,19H,15-16,18H2,1-3H3,(H,28,30). The highest BCUT2D eigenvalue weighted by Crippen LogP contribution is 2.34. The van der Waals surface area contributed by atoms with Crippen molar-refractivity contribution in [3.05, 3.63) is 83.4 Å². The number of halogens is 1. The van der Waals surface area contributed by atoms with Gasteiger partial charge < -0.3 is 14.8 Å². The molecular weight excluding hydrogens is 488 g/mol. The van der Waals surface area contributed by atoms with Crippen molar-refractivity contribution in [1.82, 2.24) is 5.32 Å². The second-order valence-electron chi connectivity index (χ2n) is 8.03. The lowest BCUT2D eigenvalue weighted by Gasteiger charge is -2.26. The molecular formula is C26H29ClN2O5S. The molecule has 0 bridgehead atoms. The van der Waals surface area contributed by atoms with Gasteiger partial charge in [-0.1, -0.05) is 61.8 Å². The first kappa shape index (κ1) is 26.4. The molecule has 3 aromatic rings. The van der Waals surface area contributed by atoms with E-state index in [2.05, 4.69) is 19.2 Å². The lowest BCUT2D eigenvalue weighted by molar-refractivity contribution is -0.119. The molecule has 0 aliphatic carbocycles. The fourth-order valence-corrected chi connectivity index (χ4v) is 5.11. The minimum atomic E-state index is -4.08. The van der Waals surface area contributed by atoms with E-state index in [0.717, 1.165) is 15.6 Å². The van der Waals surface area contributed by atoms with Gasteiger partial charge in [0.2, 0.25) is 5.91 Å². The van der Waals surface area contributed by atoms with E-state index in [9.17, 15) is 13.2 Å². The molecule has 0 spiro atoms. The molecule has 0 aliphatic rings. The van der Waals surface area contributed by atoms with Crippen molar-refractivity contribution in [2.45, 2.75) is 24.7 Å². The average molecular weight is 517 g/mol. The summed E-state index contributed by atoms with van der Waals surface area (Å²) in [5.41, 5.74) is 1.24. The predicted molar refractivity (Wildman–Crippen MR) is 138 cm³/mol. The summed E-state index contributed by atoms with van der Waals surface area (Å²) in [6.07, 6.45) is 0. The summed E-state index contributed by atoms with van der Waals surface area (Å²) < 4.78 is 39.2. The second-order valence-corrected chi connectivity index (χ2v) is 10.3. The molecule has 3 rings (SSSR count). The van der Waals surface area contributed by atoms with Gasteiger partial charge in [-0.05, 0) is 47.9 Å². The number of para-hydroxylation sites is 1. The van der Waals surface area contributed by atoms with Gasteiger partial charge in [0.15, 0.2) is 0 Å². The van der Waals surface area contributed by atoms with Gasteiger partial charge in [0.05, 0.1) is 24.2 Å². The maximum atomic E-state index is 13.5. The van der Waals surface area contributed by atoms with Crippen molar-refractivity contribution in [1.29, 1.82) is 0 Å². The van der Waals surface area contributed by atoms with E-state index in [1.165, 1.54) is 25.3 Å². The first-order valence-electron chi connectivity index (χ1n) is 11.1. The van der Waals surface area contributed by atoms with Crippen LogP contribution in [0.3, 0.4) is 0 Å². The summed E-state index contributed by atoms with van der Waals surface area (Å²) in [7, 11) is -2.66. The summed E-state index contributed by atoms with van der Waals surface area (Å²) >= 11 is 6.15. The van der Waals surface area contributed by atoms with Gasteiger partial charge in [0.1, 0.15) is 24.7 Å². The summed E-state index contributed by atoms with van der Waals surface area (Å²) in [4.78, 5) is 12.9. The van der Waals surface area contributed by atoms with Gasteiger partial charge in [0.25, 0.3) is 10.0 Å². The van der Waals surface area contributed by atoms with Crippen LogP contribution in [0, 0.1) is 0 Å². The van der Waals surface area contributed by atoms with Gasteiger partial charge in [-0.25, -0.2) is 8.42 Å². The van der Waals surface area contributed by atoms with E-state index in [-0.39, 0.29) is 29.5 Å². The Labute approximate surface area is 211 Å². The Morgan fingerprint density at radius 1 is 1.00 bits per heavy atom. The highest BCUT2D eigenvalue weighted by molar-refractivity contribution is 7.92. The van der Waals surface area contributed by atoms with Gasteiger partial charge in [0, 0.05) is 5.02 Å². The molecule has 0 saturated carbocycles. The zero-order valence-corrected chi connectivity index (χ0v) is 21.5. The topological polar surface area (TPSA) is 84.9 Å². The summed E-state index contributed by atoms with van der Waals surface area (Å²) in [5.74, 6) is 0.835. The van der Waals surface area contributed by atoms with Crippen molar-refractivity contribution in [3.8, 4) is 11.5 Å². The van der Waals surface area contributed by atoms with E-state index in [4.69, 9.17) is 21.1 Å². The first-order chi connectivity index (χ1) is 16.7. The number of hydrogen-bond acceptors (Lipinski definition) is 5. The average Bonchev–Trinajstić information content (AvgIpc) is 2.85. The molecule has 0 atom stereocenters. The Morgan fingerprint density at radius 3 is 2.37 bits per heavy atom. The highest BCUT2D eigenvalue weighted by atomic mass is 35.5. The molecule has 0 radical (unpaired) electrons. The molecule has 1 amide bonds. The third-order valence-corrected chi connectivity index (χ3v) is 7.26. The van der Waals surface area contributed by atoms with Gasteiger partial charge >= 0.3 is 0 Å². The van der Waals surface area contributed by atoms with Crippen LogP contribution in [0.2, 0.25) is 5.02 Å². The number of sulfonamides is 1. The largest absolute Gasteiger partial charge is 0.495 e. The second kappa shape index (κ2) is 12.0. The van der Waals surface area contributed by atoms with Crippen LogP contribution < -0.4 is 19.1 Å². The number of carbonyl (C=O) groups excluding carboxylic acids is 1. The maximum absolute atomic E-state index is 13.5. The molecule has 1 N–H and O–H groups in total. The molecule has 0 aromatic heterocycles. The normalized spacial score (nSPS) is 11.2. The van der Waals surface area contributed by atoms with Gasteiger partial charge in [-0.3, -0.25) is 9.10 Å². The van der Waals surface area contributed by atoms with Crippen LogP contribution in [0.1, 0.15) is 25.3 Å². The lowest BCUT2D eigenvalue weighted by Crippen LogP contribution is -2.42. The van der Waals surface area contributed by atoms with E-state index in [1.807, 2.05) is 24.3 Å². The van der Waals surface area contributed by atoms with Crippen molar-refractivity contribution in [3.63, 3.8) is 0 Å². The van der Waals surface area contributed by atoms with Crippen LogP contribution in [0.25, 0.3) is 0 Å². The number of ether oxygens (including phenoxy) is 2. The number of benzene rings is 3. The van der Waals surface area contributed by atoms with E-state index >= 15 is 0 Å². The molecule has 186 valence electrons. The van der Waals surface area contributed by atoms with E-state index in [0.29, 0.717) is 10.9 Å². The predicted octanol–water partition coefficient (Wildman–Crippen LogP) is 4.86. The third-order valence-electron chi connectivity index (χ3n) is 5.25. The molecule has 0 unspecified atom stereocenters. The van der Waals surface area contributed by atoms with Crippen molar-refractivity contribution in [2.75, 3.05) is 31.1 Å². The number of nitrogens with zero attached hydrogens (tertiary/aromatic N) is 1. The quantitative estimate of drug-likeness (QED) is 0.368. The molecule has 0 saturated heterocycles. The third kappa shape index (κ3) is 6.68. The molecule has 9 heteroatoms. The number of amides is 1. The Morgan fingerprint density at radius 2 is 1.69 bits per heavy atom. The number of nitrogens with one attached hydrogen (secondary N) is 1. The zero-order chi connectivity index (χ0) is 25.4. The van der Waals surface area contributed by atoms with Crippen molar-refractivity contribution < 1.29 is 22.7 Å². The van der Waals surface area contributed by atoms with E-state index < -0.39 is 22.5 Å². The first-order valence-corrected chi connectivity index (χ1v) is 13.0. The molecule has 0 fully saturated rings. The Hall–Kier alpha value is -3.23. The molecule has 7 nitrogen and oxygen atoms in total. The van der Waals surface area contributed by atoms with Crippen LogP contribution in [-0.4, -0.2) is 41.1 Å². The summed E-state index contributed by atoms with van der Waals surface area (Å²) in [6.45, 7) is 4.14. The molecule has 35 heavy (non-hydrogen) atoms. The fourth-order valence-electron chi connectivity index (χ4n) is 3.50. The van der Waals surface area contributed by atoms with Crippen LogP contribution in [0.5, 0.6) is 11.5 Å². The number of carbonyl (C=O) groups is 1. The van der Waals surface area contributed by atoms with Crippen LogP contribution >= 0.6 is 11.6 Å². The van der Waals surface area contributed by atoms with Gasteiger partial charge in [-0.15, -0.1) is 0 Å². The summed E-state index contributed by atoms with van der Waals surface area (Å²) in [6, 6.07) is 20.2. The monoisotopic (exact) mass is 516 g/mol. The van der Waals surface area contributed by atoms with Crippen molar-refractivity contribution >= 4 is 33.2 Å². The number of anilines is 1. The molecule has 3 aromatic carbocycles. The SMILES string of the molecule is COc1ccc(Cl)cc1N(CC(=O)NCCOc1ccccc1C(C)C)S(=O)(=O)c1ccccc1. The highest BCUT2D eigenvalue weighted by Gasteiger charge is 2.29. The zero-order valence-electron chi connectivity index (χ0n) is 19.9. The van der Waals surface area contributed by atoms with Crippen LogP contribution in [-0.2, 0) is 14.8 Å². The van der Waals surface area contributed by atoms with Crippen molar-refractivity contribution in [2.24, 2.45) is 0 Å². The van der Waals surface area contributed by atoms with Gasteiger partial charge in [-0.2, -0.15) is 0 Å². The Balaban J connectivity index is 1.76. The summed E-state index contributed by atoms with van der Waals surface area (Å²) in [5, 5.41) is 3.05. The van der Waals surface area contributed by atoms with Crippen LogP contribution in [0.4, 0.5) is 5.69 Å². The maximum Gasteiger partial charge on any atom is 0.264 e.